The van der Waals surface area contributed by atoms with Gasteiger partial charge in [-0.15, -0.1) is 0 Å². The van der Waals surface area contributed by atoms with Gasteiger partial charge in [-0.2, -0.15) is 4.98 Å². The molecule has 9 heteroatoms. The van der Waals surface area contributed by atoms with E-state index >= 15 is 0 Å². The summed E-state index contributed by atoms with van der Waals surface area (Å²) < 4.78 is 0. The van der Waals surface area contributed by atoms with Crippen molar-refractivity contribution < 1.29 is 9.59 Å². The van der Waals surface area contributed by atoms with E-state index < -0.39 is 0 Å². The zero-order valence-corrected chi connectivity index (χ0v) is 20.5. The monoisotopic (exact) mass is 465 g/mol. The molecule has 0 spiro atoms. The number of likely N-dealkylation sites (N-methyl/N-ethyl adjacent to an activating group) is 1. The van der Waals surface area contributed by atoms with Gasteiger partial charge in [0, 0.05) is 44.1 Å². The van der Waals surface area contributed by atoms with E-state index in [2.05, 4.69) is 44.6 Å². The molecule has 182 valence electrons. The molecule has 2 amide bonds. The zero-order valence-electron chi connectivity index (χ0n) is 20.5. The van der Waals surface area contributed by atoms with Crippen LogP contribution in [0.25, 0.3) is 0 Å². The lowest BCUT2D eigenvalue weighted by atomic mass is 10.1. The number of anilines is 5. The van der Waals surface area contributed by atoms with Gasteiger partial charge in [0.25, 0.3) is 0 Å². The van der Waals surface area contributed by atoms with Crippen molar-refractivity contribution in [1.82, 2.24) is 15.3 Å². The van der Waals surface area contributed by atoms with Crippen molar-refractivity contribution >= 4 is 40.6 Å². The number of amides is 2. The van der Waals surface area contributed by atoms with Crippen molar-refractivity contribution in [3.05, 3.63) is 30.5 Å². The second kappa shape index (κ2) is 10.3. The van der Waals surface area contributed by atoms with E-state index in [1.54, 1.807) is 11.1 Å². The molecule has 0 bridgehead atoms. The number of aromatic nitrogens is 2. The second-order valence-electron chi connectivity index (χ2n) is 9.36. The van der Waals surface area contributed by atoms with E-state index in [1.165, 1.54) is 0 Å². The second-order valence-corrected chi connectivity index (χ2v) is 9.36. The summed E-state index contributed by atoms with van der Waals surface area (Å²) in [6.07, 6.45) is 4.74. The van der Waals surface area contributed by atoms with Gasteiger partial charge in [0.2, 0.25) is 17.8 Å². The number of unbranched alkanes of at least 4 members (excludes halogenated alkanes) is 1. The minimum Gasteiger partial charge on any atom is -0.371 e. The number of hydrogen-bond acceptors (Lipinski definition) is 7. The summed E-state index contributed by atoms with van der Waals surface area (Å²) in [6.45, 7) is 8.79. The first-order chi connectivity index (χ1) is 16.4. The van der Waals surface area contributed by atoms with Crippen LogP contribution >= 0.6 is 0 Å². The summed E-state index contributed by atoms with van der Waals surface area (Å²) in [5, 5.41) is 6.31. The largest absolute Gasteiger partial charge is 0.371 e. The molecule has 3 heterocycles. The first kappa shape index (κ1) is 23.8. The SMILES string of the molecule is CCCCNC(=O)C1CCN(c2ccc(Nc3ncc4c(n3)N(C(C)C)C(=O)CN4C)cc2)C1. The van der Waals surface area contributed by atoms with E-state index in [0.29, 0.717) is 18.3 Å². The minimum absolute atomic E-state index is 0.0139. The maximum Gasteiger partial charge on any atom is 0.247 e. The highest BCUT2D eigenvalue weighted by Gasteiger charge is 2.31. The molecular formula is C25H35N7O2. The molecule has 2 aliphatic rings. The maximum absolute atomic E-state index is 12.5. The third-order valence-electron chi connectivity index (χ3n) is 6.42. The molecule has 34 heavy (non-hydrogen) atoms. The van der Waals surface area contributed by atoms with Crippen LogP contribution in [0.3, 0.4) is 0 Å². The normalized spacial score (nSPS) is 17.9. The molecule has 0 saturated carbocycles. The van der Waals surface area contributed by atoms with Crippen molar-refractivity contribution in [2.75, 3.05) is 53.2 Å². The Labute approximate surface area is 201 Å². The number of carbonyl (C=O) groups excluding carboxylic acids is 2. The zero-order chi connectivity index (χ0) is 24.2. The summed E-state index contributed by atoms with van der Waals surface area (Å²) in [4.78, 5) is 39.9. The highest BCUT2D eigenvalue weighted by atomic mass is 16.2. The Kier molecular flexibility index (Phi) is 7.19. The van der Waals surface area contributed by atoms with Crippen molar-refractivity contribution in [2.24, 2.45) is 5.92 Å². The molecular weight excluding hydrogens is 430 g/mol. The third kappa shape index (κ3) is 5.08. The van der Waals surface area contributed by atoms with E-state index in [0.717, 1.165) is 56.0 Å². The molecule has 1 unspecified atom stereocenters. The molecule has 1 fully saturated rings. The molecule has 1 atom stereocenters. The smallest absolute Gasteiger partial charge is 0.247 e. The first-order valence-corrected chi connectivity index (χ1v) is 12.2. The average molecular weight is 466 g/mol. The minimum atomic E-state index is 0.0139. The predicted octanol–water partition coefficient (Wildman–Crippen LogP) is 3.15. The van der Waals surface area contributed by atoms with E-state index in [9.17, 15) is 9.59 Å². The average Bonchev–Trinajstić information content (AvgIpc) is 3.30. The van der Waals surface area contributed by atoms with Crippen LogP contribution in [0, 0.1) is 5.92 Å². The summed E-state index contributed by atoms with van der Waals surface area (Å²) in [5.74, 6) is 1.32. The molecule has 1 aromatic carbocycles. The Morgan fingerprint density at radius 2 is 2.00 bits per heavy atom. The Bertz CT molecular complexity index is 1020. The number of benzene rings is 1. The van der Waals surface area contributed by atoms with Crippen LogP contribution in [0.5, 0.6) is 0 Å². The van der Waals surface area contributed by atoms with Gasteiger partial charge in [0.15, 0.2) is 5.82 Å². The number of nitrogens with zero attached hydrogens (tertiary/aromatic N) is 5. The topological polar surface area (TPSA) is 93.7 Å². The summed E-state index contributed by atoms with van der Waals surface area (Å²) in [5.41, 5.74) is 2.80. The maximum atomic E-state index is 12.5. The highest BCUT2D eigenvalue weighted by molar-refractivity contribution is 6.02. The van der Waals surface area contributed by atoms with Gasteiger partial charge in [-0.3, -0.25) is 14.5 Å². The molecule has 2 aliphatic heterocycles. The van der Waals surface area contributed by atoms with E-state index in [-0.39, 0.29) is 23.8 Å². The van der Waals surface area contributed by atoms with Crippen LogP contribution in [0.4, 0.5) is 28.8 Å². The molecule has 9 nitrogen and oxygen atoms in total. The van der Waals surface area contributed by atoms with Crippen LogP contribution in [0.2, 0.25) is 0 Å². The van der Waals surface area contributed by atoms with E-state index in [1.807, 2.05) is 37.9 Å². The summed E-state index contributed by atoms with van der Waals surface area (Å²) in [6, 6.07) is 8.10. The van der Waals surface area contributed by atoms with Gasteiger partial charge < -0.3 is 20.4 Å². The number of rotatable bonds is 8. The van der Waals surface area contributed by atoms with Crippen LogP contribution in [-0.2, 0) is 9.59 Å². The van der Waals surface area contributed by atoms with Crippen molar-refractivity contribution in [3.63, 3.8) is 0 Å². The number of carbonyl (C=O) groups is 2. The predicted molar refractivity (Wildman–Crippen MR) is 136 cm³/mol. The molecule has 4 rings (SSSR count). The first-order valence-electron chi connectivity index (χ1n) is 12.2. The van der Waals surface area contributed by atoms with Crippen molar-refractivity contribution in [2.45, 2.75) is 46.1 Å². The number of fused-ring (bicyclic) bond motifs is 1. The highest BCUT2D eigenvalue weighted by Crippen LogP contribution is 2.33. The van der Waals surface area contributed by atoms with Gasteiger partial charge in [-0.1, -0.05) is 13.3 Å². The van der Waals surface area contributed by atoms with Crippen molar-refractivity contribution in [3.8, 4) is 0 Å². The fraction of sp³-hybridized carbons (Fsp3) is 0.520. The van der Waals surface area contributed by atoms with Gasteiger partial charge in [-0.25, -0.2) is 4.98 Å². The molecule has 1 saturated heterocycles. The standard InChI is InChI=1S/C25H35N7O2/c1-5-6-12-26-24(34)18-11-13-31(15-18)20-9-7-19(8-10-20)28-25-27-14-21-23(29-25)32(17(2)3)22(33)16-30(21)4/h7-10,14,17-18H,5-6,11-13,15-16H2,1-4H3,(H,26,34)(H,27,28,29). The third-order valence-corrected chi connectivity index (χ3v) is 6.42. The van der Waals surface area contributed by atoms with Gasteiger partial charge >= 0.3 is 0 Å². The number of hydrogen-bond donors (Lipinski definition) is 2. The Balaban J connectivity index is 1.41. The van der Waals surface area contributed by atoms with Gasteiger partial charge in [0.05, 0.1) is 24.3 Å². The Morgan fingerprint density at radius 3 is 2.71 bits per heavy atom. The molecule has 0 radical (unpaired) electrons. The van der Waals surface area contributed by atoms with Crippen LogP contribution in [-0.4, -0.2) is 61.1 Å². The molecule has 2 N–H and O–H groups in total. The number of nitrogens with one attached hydrogen (secondary N) is 2. The quantitative estimate of drug-likeness (QED) is 0.579. The Hall–Kier alpha value is -3.36. The van der Waals surface area contributed by atoms with Gasteiger partial charge in [-0.05, 0) is 51.0 Å². The summed E-state index contributed by atoms with van der Waals surface area (Å²) >= 11 is 0. The summed E-state index contributed by atoms with van der Waals surface area (Å²) in [7, 11) is 1.88. The Morgan fingerprint density at radius 1 is 1.24 bits per heavy atom. The van der Waals surface area contributed by atoms with E-state index in [4.69, 9.17) is 0 Å². The fourth-order valence-electron chi connectivity index (χ4n) is 4.51. The van der Waals surface area contributed by atoms with Crippen LogP contribution in [0.1, 0.15) is 40.0 Å². The van der Waals surface area contributed by atoms with Crippen LogP contribution in [0.15, 0.2) is 30.5 Å². The lowest BCUT2D eigenvalue weighted by Crippen LogP contribution is -2.48. The molecule has 2 aromatic rings. The molecule has 0 aliphatic carbocycles. The van der Waals surface area contributed by atoms with Crippen molar-refractivity contribution in [1.29, 1.82) is 0 Å². The van der Waals surface area contributed by atoms with Gasteiger partial charge in [0.1, 0.15) is 0 Å². The fourth-order valence-corrected chi connectivity index (χ4v) is 4.51. The van der Waals surface area contributed by atoms with Crippen LogP contribution < -0.4 is 25.3 Å². The lowest BCUT2D eigenvalue weighted by molar-refractivity contribution is -0.124. The lowest BCUT2D eigenvalue weighted by Gasteiger charge is -2.36. The molecule has 1 aromatic heterocycles.